The first kappa shape index (κ1) is 16.2. The van der Waals surface area contributed by atoms with E-state index in [1.807, 2.05) is 30.3 Å². The van der Waals surface area contributed by atoms with E-state index in [4.69, 9.17) is 5.26 Å². The minimum atomic E-state index is -0.451. The third-order valence-corrected chi connectivity index (χ3v) is 3.31. The van der Waals surface area contributed by atoms with Gasteiger partial charge < -0.3 is 9.64 Å². The molecule has 0 aliphatic rings. The molecular weight excluding hydrogens is 292 g/mol. The van der Waals surface area contributed by atoms with Gasteiger partial charge in [0.15, 0.2) is 0 Å². The van der Waals surface area contributed by atoms with Crippen molar-refractivity contribution in [3.8, 4) is 6.07 Å². The van der Waals surface area contributed by atoms with E-state index in [1.165, 1.54) is 7.11 Å². The third kappa shape index (κ3) is 3.95. The lowest BCUT2D eigenvalue weighted by atomic mass is 10.1. The number of benzene rings is 2. The minimum Gasteiger partial charge on any atom is -0.465 e. The molecule has 0 N–H and O–H groups in total. The predicted octanol–water partition coefficient (Wildman–Crippen LogP) is 3.03. The van der Waals surface area contributed by atoms with Gasteiger partial charge in [0.05, 0.1) is 25.2 Å². The van der Waals surface area contributed by atoms with E-state index in [1.54, 1.807) is 29.2 Å². The van der Waals surface area contributed by atoms with Gasteiger partial charge in [0.1, 0.15) is 0 Å². The molecule has 116 valence electrons. The van der Waals surface area contributed by atoms with Crippen molar-refractivity contribution in [3.63, 3.8) is 0 Å². The lowest BCUT2D eigenvalue weighted by molar-refractivity contribution is 0.0600. The fraction of sp³-hybridized carbons (Fsp3) is 0.167. The molecule has 1 amide bonds. The number of carbonyl (C=O) groups excluding carboxylic acids is 2. The zero-order valence-corrected chi connectivity index (χ0v) is 12.7. The van der Waals surface area contributed by atoms with Crippen molar-refractivity contribution < 1.29 is 14.3 Å². The van der Waals surface area contributed by atoms with E-state index in [9.17, 15) is 9.59 Å². The zero-order chi connectivity index (χ0) is 16.7. The standard InChI is InChI=1S/C18H16N2O3/c1-23-18(22)15-10-8-14(9-11-15)17(21)20(13-5-12-19)16-6-3-2-4-7-16/h2-4,6-11H,5,13H2,1H3. The van der Waals surface area contributed by atoms with Gasteiger partial charge in [-0.15, -0.1) is 0 Å². The maximum atomic E-state index is 12.7. The lowest BCUT2D eigenvalue weighted by Gasteiger charge is -2.22. The van der Waals surface area contributed by atoms with Crippen LogP contribution in [0.5, 0.6) is 0 Å². The van der Waals surface area contributed by atoms with Crippen LogP contribution in [0.15, 0.2) is 54.6 Å². The first-order chi connectivity index (χ1) is 11.2. The van der Waals surface area contributed by atoms with Crippen molar-refractivity contribution >= 4 is 17.6 Å². The highest BCUT2D eigenvalue weighted by molar-refractivity contribution is 6.06. The predicted molar refractivity (Wildman–Crippen MR) is 86.1 cm³/mol. The van der Waals surface area contributed by atoms with E-state index in [-0.39, 0.29) is 12.3 Å². The zero-order valence-electron chi connectivity index (χ0n) is 12.7. The molecular formula is C18H16N2O3. The van der Waals surface area contributed by atoms with Crippen LogP contribution in [-0.4, -0.2) is 25.5 Å². The number of methoxy groups -OCH3 is 1. The summed E-state index contributed by atoms with van der Waals surface area (Å²) in [5.74, 6) is -0.670. The number of rotatable bonds is 5. The quantitative estimate of drug-likeness (QED) is 0.796. The fourth-order valence-electron chi connectivity index (χ4n) is 2.14. The second kappa shape index (κ2) is 7.76. The van der Waals surface area contributed by atoms with Crippen LogP contribution in [0.1, 0.15) is 27.1 Å². The summed E-state index contributed by atoms with van der Waals surface area (Å²) in [5.41, 5.74) is 1.55. The summed E-state index contributed by atoms with van der Waals surface area (Å²) in [6.45, 7) is 0.304. The van der Waals surface area contributed by atoms with Crippen LogP contribution in [0.2, 0.25) is 0 Å². The molecule has 2 rings (SSSR count). The average Bonchev–Trinajstić information content (AvgIpc) is 2.62. The summed E-state index contributed by atoms with van der Waals surface area (Å²) >= 11 is 0. The summed E-state index contributed by atoms with van der Waals surface area (Å²) in [5, 5.41) is 8.80. The molecule has 0 unspecified atom stereocenters. The minimum absolute atomic E-state index is 0.220. The second-order valence-corrected chi connectivity index (χ2v) is 4.77. The third-order valence-electron chi connectivity index (χ3n) is 3.31. The van der Waals surface area contributed by atoms with Crippen molar-refractivity contribution in [2.24, 2.45) is 0 Å². The summed E-state index contributed by atoms with van der Waals surface area (Å²) in [6.07, 6.45) is 0.237. The Morgan fingerprint density at radius 2 is 1.65 bits per heavy atom. The molecule has 5 heteroatoms. The number of ether oxygens (including phenoxy) is 1. The molecule has 0 aliphatic carbocycles. The fourth-order valence-corrected chi connectivity index (χ4v) is 2.14. The van der Waals surface area contributed by atoms with E-state index >= 15 is 0 Å². The molecule has 2 aromatic rings. The Labute approximate surface area is 134 Å². The van der Waals surface area contributed by atoms with Crippen molar-refractivity contribution in [1.82, 2.24) is 0 Å². The largest absolute Gasteiger partial charge is 0.465 e. The van der Waals surface area contributed by atoms with Gasteiger partial charge in [-0.25, -0.2) is 4.79 Å². The van der Waals surface area contributed by atoms with Crippen LogP contribution in [0.3, 0.4) is 0 Å². The molecule has 0 aromatic heterocycles. The molecule has 0 radical (unpaired) electrons. The summed E-state index contributed by atoms with van der Waals surface area (Å²) in [4.78, 5) is 25.7. The SMILES string of the molecule is COC(=O)c1ccc(C(=O)N(CCC#N)c2ccccc2)cc1. The Morgan fingerprint density at radius 1 is 1.04 bits per heavy atom. The molecule has 0 atom stereocenters. The van der Waals surface area contributed by atoms with Crippen LogP contribution in [0.4, 0.5) is 5.69 Å². The number of amides is 1. The van der Waals surface area contributed by atoms with Crippen LogP contribution in [0, 0.1) is 11.3 Å². The molecule has 0 spiro atoms. The van der Waals surface area contributed by atoms with Gasteiger partial charge in [0, 0.05) is 17.8 Å². The Hall–Kier alpha value is -3.13. The topological polar surface area (TPSA) is 70.4 Å². The Balaban J connectivity index is 2.27. The Morgan fingerprint density at radius 3 is 2.22 bits per heavy atom. The van der Waals surface area contributed by atoms with Crippen molar-refractivity contribution in [2.45, 2.75) is 6.42 Å². The molecule has 0 aliphatic heterocycles. The Bertz CT molecular complexity index is 718. The maximum absolute atomic E-state index is 12.7. The van der Waals surface area contributed by atoms with Gasteiger partial charge in [-0.05, 0) is 36.4 Å². The molecule has 0 bridgehead atoms. The number of para-hydroxylation sites is 1. The summed E-state index contributed by atoms with van der Waals surface area (Å²) < 4.78 is 4.64. The first-order valence-corrected chi connectivity index (χ1v) is 7.09. The van der Waals surface area contributed by atoms with E-state index < -0.39 is 5.97 Å². The molecule has 0 saturated carbocycles. The molecule has 0 heterocycles. The highest BCUT2D eigenvalue weighted by Gasteiger charge is 2.17. The van der Waals surface area contributed by atoms with Gasteiger partial charge in [-0.3, -0.25) is 4.79 Å². The number of nitriles is 1. The number of nitrogens with zero attached hydrogens (tertiary/aromatic N) is 2. The van der Waals surface area contributed by atoms with Crippen molar-refractivity contribution in [2.75, 3.05) is 18.6 Å². The molecule has 23 heavy (non-hydrogen) atoms. The van der Waals surface area contributed by atoms with E-state index in [0.717, 1.165) is 5.69 Å². The number of carbonyl (C=O) groups is 2. The average molecular weight is 308 g/mol. The molecule has 0 saturated heterocycles. The Kier molecular flexibility index (Phi) is 5.48. The number of hydrogen-bond acceptors (Lipinski definition) is 4. The molecule has 2 aromatic carbocycles. The highest BCUT2D eigenvalue weighted by Crippen LogP contribution is 2.18. The monoisotopic (exact) mass is 308 g/mol. The lowest BCUT2D eigenvalue weighted by Crippen LogP contribution is -2.31. The summed E-state index contributed by atoms with van der Waals surface area (Å²) in [7, 11) is 1.31. The van der Waals surface area contributed by atoms with Crippen LogP contribution in [-0.2, 0) is 4.74 Å². The van der Waals surface area contributed by atoms with Gasteiger partial charge in [-0.1, -0.05) is 18.2 Å². The van der Waals surface area contributed by atoms with Crippen molar-refractivity contribution in [1.29, 1.82) is 5.26 Å². The number of esters is 1. The maximum Gasteiger partial charge on any atom is 0.337 e. The molecule has 0 fully saturated rings. The van der Waals surface area contributed by atoms with Gasteiger partial charge >= 0.3 is 5.97 Å². The first-order valence-electron chi connectivity index (χ1n) is 7.09. The van der Waals surface area contributed by atoms with E-state index in [2.05, 4.69) is 10.8 Å². The van der Waals surface area contributed by atoms with Gasteiger partial charge in [0.2, 0.25) is 0 Å². The van der Waals surface area contributed by atoms with Crippen LogP contribution < -0.4 is 4.90 Å². The van der Waals surface area contributed by atoms with Gasteiger partial charge in [-0.2, -0.15) is 5.26 Å². The second-order valence-electron chi connectivity index (χ2n) is 4.77. The van der Waals surface area contributed by atoms with Gasteiger partial charge in [0.25, 0.3) is 5.91 Å². The van der Waals surface area contributed by atoms with Crippen molar-refractivity contribution in [3.05, 3.63) is 65.7 Å². The van der Waals surface area contributed by atoms with E-state index in [0.29, 0.717) is 17.7 Å². The van der Waals surface area contributed by atoms with Crippen LogP contribution >= 0.6 is 0 Å². The normalized spacial score (nSPS) is 9.74. The summed E-state index contributed by atoms with van der Waals surface area (Å²) in [6, 6.07) is 17.5. The van der Waals surface area contributed by atoms with Crippen LogP contribution in [0.25, 0.3) is 0 Å². The molecule has 5 nitrogen and oxygen atoms in total. The number of anilines is 1. The highest BCUT2D eigenvalue weighted by atomic mass is 16.5. The number of hydrogen-bond donors (Lipinski definition) is 0. The smallest absolute Gasteiger partial charge is 0.337 e.